The molecule has 0 fully saturated rings. The number of benzene rings is 1. The van der Waals surface area contributed by atoms with Crippen molar-refractivity contribution in [3.05, 3.63) is 48.6 Å². The van der Waals surface area contributed by atoms with E-state index in [9.17, 15) is 9.59 Å². The summed E-state index contributed by atoms with van der Waals surface area (Å²) in [5.41, 5.74) is 1.03. The van der Waals surface area contributed by atoms with Crippen LogP contribution in [-0.4, -0.2) is 17.9 Å². The van der Waals surface area contributed by atoms with Crippen molar-refractivity contribution >= 4 is 11.8 Å². The van der Waals surface area contributed by atoms with E-state index in [1.807, 2.05) is 51.1 Å². The predicted octanol–water partition coefficient (Wildman–Crippen LogP) is 2.19. The molecule has 0 spiro atoms. The summed E-state index contributed by atoms with van der Waals surface area (Å²) >= 11 is 0. The van der Waals surface area contributed by atoms with Crippen LogP contribution >= 0.6 is 0 Å². The largest absolute Gasteiger partial charge is 0.348 e. The fraction of sp³-hybridized carbons (Fsp3) is 0.375. The Morgan fingerprint density at radius 1 is 1.10 bits per heavy atom. The zero-order valence-corrected chi connectivity index (χ0v) is 12.2. The monoisotopic (exact) mass is 274 g/mol. The van der Waals surface area contributed by atoms with E-state index >= 15 is 0 Å². The van der Waals surface area contributed by atoms with Gasteiger partial charge in [0.15, 0.2) is 0 Å². The van der Waals surface area contributed by atoms with E-state index in [0.29, 0.717) is 0 Å². The van der Waals surface area contributed by atoms with Gasteiger partial charge < -0.3 is 10.6 Å². The molecule has 0 unspecified atom stereocenters. The zero-order chi connectivity index (χ0) is 15.1. The van der Waals surface area contributed by atoms with Gasteiger partial charge in [0.05, 0.1) is 6.04 Å². The topological polar surface area (TPSA) is 58.2 Å². The molecule has 1 aromatic carbocycles. The van der Waals surface area contributed by atoms with E-state index < -0.39 is 6.04 Å². The van der Waals surface area contributed by atoms with Crippen molar-refractivity contribution in [1.29, 1.82) is 0 Å². The van der Waals surface area contributed by atoms with Crippen LogP contribution in [-0.2, 0) is 9.59 Å². The number of hydrogen-bond acceptors (Lipinski definition) is 2. The second kappa shape index (κ2) is 7.48. The van der Waals surface area contributed by atoms with Crippen molar-refractivity contribution in [3.63, 3.8) is 0 Å². The molecule has 0 aliphatic carbocycles. The first-order chi connectivity index (χ1) is 9.45. The van der Waals surface area contributed by atoms with Crippen molar-refractivity contribution in [2.24, 2.45) is 5.92 Å². The minimum atomic E-state index is -0.563. The van der Waals surface area contributed by atoms with Gasteiger partial charge in [0, 0.05) is 0 Å². The van der Waals surface area contributed by atoms with Crippen LogP contribution in [0.5, 0.6) is 0 Å². The molecule has 0 aromatic heterocycles. The first-order valence-electron chi connectivity index (χ1n) is 6.74. The van der Waals surface area contributed by atoms with Crippen molar-refractivity contribution in [3.8, 4) is 0 Å². The lowest BCUT2D eigenvalue weighted by molar-refractivity contribution is -0.128. The number of hydrogen-bond donors (Lipinski definition) is 2. The molecule has 108 valence electrons. The molecule has 2 amide bonds. The molecular weight excluding hydrogens is 252 g/mol. The van der Waals surface area contributed by atoms with Gasteiger partial charge in [0.25, 0.3) is 0 Å². The fourth-order valence-corrected chi connectivity index (χ4v) is 1.88. The molecule has 0 heterocycles. The van der Waals surface area contributed by atoms with Gasteiger partial charge in [-0.05, 0) is 24.5 Å². The lowest BCUT2D eigenvalue weighted by atomic mass is 10.0. The van der Waals surface area contributed by atoms with E-state index in [1.165, 1.54) is 6.08 Å². The third-order valence-electron chi connectivity index (χ3n) is 3.09. The average Bonchev–Trinajstić information content (AvgIpc) is 2.44. The lowest BCUT2D eigenvalue weighted by Crippen LogP contribution is -2.49. The summed E-state index contributed by atoms with van der Waals surface area (Å²) in [5.74, 6) is -0.528. The molecule has 0 radical (unpaired) electrons. The lowest BCUT2D eigenvalue weighted by Gasteiger charge is -2.23. The Balaban J connectivity index is 2.71. The minimum Gasteiger partial charge on any atom is -0.348 e. The summed E-state index contributed by atoms with van der Waals surface area (Å²) < 4.78 is 0. The van der Waals surface area contributed by atoms with Crippen LogP contribution in [0, 0.1) is 5.92 Å². The first kappa shape index (κ1) is 16.0. The smallest absolute Gasteiger partial charge is 0.244 e. The third-order valence-corrected chi connectivity index (χ3v) is 3.09. The van der Waals surface area contributed by atoms with Crippen LogP contribution in [0.4, 0.5) is 0 Å². The van der Waals surface area contributed by atoms with E-state index in [0.717, 1.165) is 5.56 Å². The first-order valence-corrected chi connectivity index (χ1v) is 6.74. The highest BCUT2D eigenvalue weighted by Gasteiger charge is 2.24. The summed E-state index contributed by atoms with van der Waals surface area (Å²) in [5, 5.41) is 5.57. The Hall–Kier alpha value is -2.10. The second-order valence-corrected chi connectivity index (χ2v) is 5.08. The number of nitrogens with one attached hydrogen (secondary N) is 2. The maximum atomic E-state index is 12.3. The highest BCUT2D eigenvalue weighted by atomic mass is 16.2. The van der Waals surface area contributed by atoms with Crippen LogP contribution in [0.25, 0.3) is 0 Å². The summed E-state index contributed by atoms with van der Waals surface area (Å²) in [6.07, 6.45) is 1.17. The number of carbonyl (C=O) groups is 2. The summed E-state index contributed by atoms with van der Waals surface area (Å²) in [7, 11) is 0. The van der Waals surface area contributed by atoms with Gasteiger partial charge in [-0.3, -0.25) is 9.59 Å². The molecule has 0 aliphatic rings. The van der Waals surface area contributed by atoms with Gasteiger partial charge in [-0.2, -0.15) is 0 Å². The molecular formula is C16H22N2O2. The third kappa shape index (κ3) is 4.53. The standard InChI is InChI=1S/C16H22N2O2/c1-5-14(19)18-15(11(2)3)16(20)17-12(4)13-9-7-6-8-10-13/h5-12,15H,1H2,2-4H3,(H,17,20)(H,18,19)/t12-,15-/m0/s1. The predicted molar refractivity (Wildman–Crippen MR) is 80.0 cm³/mol. The van der Waals surface area contributed by atoms with Gasteiger partial charge in [0.2, 0.25) is 11.8 Å². The molecule has 0 aliphatic heterocycles. The zero-order valence-electron chi connectivity index (χ0n) is 12.2. The molecule has 0 saturated carbocycles. The molecule has 2 atom stereocenters. The van der Waals surface area contributed by atoms with Crippen LogP contribution < -0.4 is 10.6 Å². The van der Waals surface area contributed by atoms with Crippen LogP contribution in [0.3, 0.4) is 0 Å². The maximum absolute atomic E-state index is 12.3. The van der Waals surface area contributed by atoms with Crippen molar-refractivity contribution in [1.82, 2.24) is 10.6 Å². The summed E-state index contributed by atoms with van der Waals surface area (Å²) in [6.45, 7) is 9.09. The Morgan fingerprint density at radius 3 is 2.20 bits per heavy atom. The van der Waals surface area contributed by atoms with Crippen molar-refractivity contribution < 1.29 is 9.59 Å². The van der Waals surface area contributed by atoms with Gasteiger partial charge in [-0.1, -0.05) is 50.8 Å². The number of carbonyl (C=O) groups excluding carboxylic acids is 2. The average molecular weight is 274 g/mol. The molecule has 4 heteroatoms. The highest BCUT2D eigenvalue weighted by Crippen LogP contribution is 2.12. The van der Waals surface area contributed by atoms with E-state index in [4.69, 9.17) is 0 Å². The van der Waals surface area contributed by atoms with E-state index in [-0.39, 0.29) is 23.8 Å². The molecule has 0 bridgehead atoms. The molecule has 4 nitrogen and oxygen atoms in total. The van der Waals surface area contributed by atoms with Crippen molar-refractivity contribution in [2.75, 3.05) is 0 Å². The Kier molecular flexibility index (Phi) is 5.97. The van der Waals surface area contributed by atoms with E-state index in [2.05, 4.69) is 17.2 Å². The van der Waals surface area contributed by atoms with E-state index in [1.54, 1.807) is 0 Å². The van der Waals surface area contributed by atoms with Gasteiger partial charge in [-0.15, -0.1) is 0 Å². The van der Waals surface area contributed by atoms with Crippen LogP contribution in [0.2, 0.25) is 0 Å². The van der Waals surface area contributed by atoms with Crippen LogP contribution in [0.15, 0.2) is 43.0 Å². The van der Waals surface area contributed by atoms with Gasteiger partial charge >= 0.3 is 0 Å². The van der Waals surface area contributed by atoms with Gasteiger partial charge in [-0.25, -0.2) is 0 Å². The summed E-state index contributed by atoms with van der Waals surface area (Å²) in [6, 6.07) is 9.03. The number of rotatable bonds is 6. The van der Waals surface area contributed by atoms with Gasteiger partial charge in [0.1, 0.15) is 6.04 Å². The molecule has 2 N–H and O–H groups in total. The second-order valence-electron chi connectivity index (χ2n) is 5.08. The fourth-order valence-electron chi connectivity index (χ4n) is 1.88. The minimum absolute atomic E-state index is 0.00173. The SMILES string of the molecule is C=CC(=O)N[C@H](C(=O)N[C@@H](C)c1ccccc1)C(C)C. The molecule has 20 heavy (non-hydrogen) atoms. The maximum Gasteiger partial charge on any atom is 0.244 e. The quantitative estimate of drug-likeness (QED) is 0.781. The van der Waals surface area contributed by atoms with Crippen molar-refractivity contribution in [2.45, 2.75) is 32.9 Å². The molecule has 0 saturated heterocycles. The Morgan fingerprint density at radius 2 is 1.70 bits per heavy atom. The Bertz CT molecular complexity index is 469. The number of amides is 2. The normalized spacial score (nSPS) is 13.4. The molecule has 1 rings (SSSR count). The van der Waals surface area contributed by atoms with Crippen LogP contribution in [0.1, 0.15) is 32.4 Å². The summed E-state index contributed by atoms with van der Waals surface area (Å²) in [4.78, 5) is 23.6. The Labute approximate surface area is 120 Å². The molecule has 1 aromatic rings. The highest BCUT2D eigenvalue weighted by molar-refractivity contribution is 5.92.